The molecule has 5 rings (SSSR count). The summed E-state index contributed by atoms with van der Waals surface area (Å²) in [5.74, 6) is 2.17. The number of oxazole rings is 1. The highest BCUT2D eigenvalue weighted by molar-refractivity contribution is 5.90. The Kier molecular flexibility index (Phi) is 6.08. The van der Waals surface area contributed by atoms with Gasteiger partial charge in [-0.25, -0.2) is 9.78 Å². The van der Waals surface area contributed by atoms with Crippen LogP contribution in [0.1, 0.15) is 31.7 Å². The monoisotopic (exact) mass is 457 g/mol. The Balaban J connectivity index is 1.34. The van der Waals surface area contributed by atoms with Crippen molar-refractivity contribution in [3.05, 3.63) is 72.6 Å². The van der Waals surface area contributed by atoms with E-state index < -0.39 is 0 Å². The number of hydrogen-bond acceptors (Lipinski definition) is 5. The summed E-state index contributed by atoms with van der Waals surface area (Å²) in [5.41, 5.74) is 4.34. The maximum Gasteiger partial charge on any atom is 0.322 e. The summed E-state index contributed by atoms with van der Waals surface area (Å²) in [5, 5.41) is 2.98. The van der Waals surface area contributed by atoms with E-state index in [-0.39, 0.29) is 12.1 Å². The van der Waals surface area contributed by atoms with Crippen molar-refractivity contribution < 1.29 is 18.7 Å². The van der Waals surface area contributed by atoms with Gasteiger partial charge in [0.15, 0.2) is 5.58 Å². The van der Waals surface area contributed by atoms with E-state index in [1.807, 2.05) is 73.7 Å². The number of carbonyl (C=O) groups is 1. The van der Waals surface area contributed by atoms with Crippen LogP contribution in [0.3, 0.4) is 0 Å². The second-order valence-corrected chi connectivity index (χ2v) is 8.20. The number of nitrogens with zero attached hydrogens (tertiary/aromatic N) is 2. The van der Waals surface area contributed by atoms with Crippen molar-refractivity contribution in [3.63, 3.8) is 0 Å². The van der Waals surface area contributed by atoms with Gasteiger partial charge in [0.2, 0.25) is 5.89 Å². The molecule has 2 heterocycles. The fourth-order valence-electron chi connectivity index (χ4n) is 4.31. The quantitative estimate of drug-likeness (QED) is 0.369. The zero-order valence-corrected chi connectivity index (χ0v) is 19.3. The number of urea groups is 1. The molecule has 0 aliphatic carbocycles. The molecule has 0 saturated carbocycles. The van der Waals surface area contributed by atoms with Crippen LogP contribution in [-0.2, 0) is 0 Å². The number of likely N-dealkylation sites (tertiary alicyclic amines) is 1. The molecule has 1 atom stereocenters. The maximum atomic E-state index is 13.0. The molecular weight excluding hydrogens is 430 g/mol. The zero-order valence-electron chi connectivity index (χ0n) is 19.3. The number of aromatic nitrogens is 1. The van der Waals surface area contributed by atoms with Gasteiger partial charge in [0, 0.05) is 12.2 Å². The molecule has 1 N–H and O–H groups in total. The average molecular weight is 458 g/mol. The van der Waals surface area contributed by atoms with Crippen LogP contribution in [0.15, 0.2) is 71.1 Å². The minimum Gasteiger partial charge on any atom is -0.497 e. The van der Waals surface area contributed by atoms with Gasteiger partial charge in [-0.15, -0.1) is 0 Å². The van der Waals surface area contributed by atoms with Crippen LogP contribution in [0.4, 0.5) is 10.5 Å². The molecule has 0 spiro atoms. The van der Waals surface area contributed by atoms with Crippen molar-refractivity contribution in [1.29, 1.82) is 0 Å². The molecule has 34 heavy (non-hydrogen) atoms. The van der Waals surface area contributed by atoms with E-state index in [9.17, 15) is 4.79 Å². The Bertz CT molecular complexity index is 1280. The molecule has 7 heteroatoms. The second kappa shape index (κ2) is 9.47. The molecule has 3 aromatic carbocycles. The molecular formula is C27H27N3O4. The zero-order chi connectivity index (χ0) is 23.5. The molecule has 7 nitrogen and oxygen atoms in total. The predicted octanol–water partition coefficient (Wildman–Crippen LogP) is 6.27. The Hall–Kier alpha value is -4.00. The molecule has 1 aromatic heterocycles. The van der Waals surface area contributed by atoms with Crippen molar-refractivity contribution in [3.8, 4) is 22.6 Å². The number of amides is 2. The summed E-state index contributed by atoms with van der Waals surface area (Å²) in [6.07, 6.45) is 1.71. The first kappa shape index (κ1) is 21.8. The number of rotatable bonds is 6. The van der Waals surface area contributed by atoms with Crippen LogP contribution in [0.2, 0.25) is 0 Å². The molecule has 0 bridgehead atoms. The lowest BCUT2D eigenvalue weighted by atomic mass is 10.1. The van der Waals surface area contributed by atoms with Crippen LogP contribution >= 0.6 is 0 Å². The maximum absolute atomic E-state index is 13.0. The van der Waals surface area contributed by atoms with E-state index in [0.717, 1.165) is 46.7 Å². The summed E-state index contributed by atoms with van der Waals surface area (Å²) in [6.45, 7) is 3.20. The topological polar surface area (TPSA) is 76.8 Å². The number of fused-ring (bicyclic) bond motifs is 1. The highest BCUT2D eigenvalue weighted by atomic mass is 16.5. The molecule has 1 unspecified atom stereocenters. The molecule has 1 aliphatic rings. The molecule has 1 saturated heterocycles. The first-order valence-electron chi connectivity index (χ1n) is 11.5. The van der Waals surface area contributed by atoms with Crippen LogP contribution in [0.5, 0.6) is 11.5 Å². The van der Waals surface area contributed by atoms with Crippen molar-refractivity contribution in [2.75, 3.05) is 25.6 Å². The number of anilines is 1. The highest BCUT2D eigenvalue weighted by Gasteiger charge is 2.33. The van der Waals surface area contributed by atoms with Crippen molar-refractivity contribution in [2.45, 2.75) is 25.8 Å². The molecule has 0 radical (unpaired) electrons. The lowest BCUT2D eigenvalue weighted by molar-refractivity contribution is 0.199. The van der Waals surface area contributed by atoms with Gasteiger partial charge in [0.05, 0.1) is 13.7 Å². The fourth-order valence-corrected chi connectivity index (χ4v) is 4.31. The summed E-state index contributed by atoms with van der Waals surface area (Å²) >= 11 is 0. The normalized spacial score (nSPS) is 15.5. The van der Waals surface area contributed by atoms with Gasteiger partial charge in [-0.1, -0.05) is 18.2 Å². The fraction of sp³-hybridized carbons (Fsp3) is 0.259. The smallest absolute Gasteiger partial charge is 0.322 e. The molecule has 174 valence electrons. The summed E-state index contributed by atoms with van der Waals surface area (Å²) in [4.78, 5) is 19.6. The van der Waals surface area contributed by atoms with Crippen LogP contribution in [0.25, 0.3) is 22.2 Å². The van der Waals surface area contributed by atoms with E-state index in [1.54, 1.807) is 12.0 Å². The Morgan fingerprint density at radius 2 is 1.79 bits per heavy atom. The van der Waals surface area contributed by atoms with Gasteiger partial charge in [-0.3, -0.25) is 0 Å². The molecule has 2 amide bonds. The van der Waals surface area contributed by atoms with E-state index in [4.69, 9.17) is 18.9 Å². The number of carbonyl (C=O) groups excluding carboxylic acids is 1. The highest BCUT2D eigenvalue weighted by Crippen LogP contribution is 2.35. The number of nitrogens with one attached hydrogen (secondary N) is 1. The SMILES string of the molecule is CCOc1ccc(NC(=O)N2CCCC2c2nc3cc(-c4ccc(OC)cc4)ccc3o2)cc1. The largest absolute Gasteiger partial charge is 0.497 e. The lowest BCUT2D eigenvalue weighted by Gasteiger charge is -2.22. The summed E-state index contributed by atoms with van der Waals surface area (Å²) in [7, 11) is 1.66. The third kappa shape index (κ3) is 4.41. The molecule has 1 fully saturated rings. The predicted molar refractivity (Wildman–Crippen MR) is 131 cm³/mol. The van der Waals surface area contributed by atoms with Gasteiger partial charge in [0.25, 0.3) is 0 Å². The van der Waals surface area contributed by atoms with Gasteiger partial charge >= 0.3 is 6.03 Å². The third-order valence-corrected chi connectivity index (χ3v) is 6.04. The summed E-state index contributed by atoms with van der Waals surface area (Å²) in [6, 6.07) is 20.9. The Labute approximate surface area is 198 Å². The minimum atomic E-state index is -0.195. The van der Waals surface area contributed by atoms with Crippen molar-refractivity contribution in [1.82, 2.24) is 9.88 Å². The van der Waals surface area contributed by atoms with Crippen LogP contribution < -0.4 is 14.8 Å². The van der Waals surface area contributed by atoms with Gasteiger partial charge in [-0.05, 0) is 79.4 Å². The number of benzene rings is 3. The van der Waals surface area contributed by atoms with Crippen LogP contribution in [-0.4, -0.2) is 36.2 Å². The van der Waals surface area contributed by atoms with Gasteiger partial charge in [-0.2, -0.15) is 0 Å². The van der Waals surface area contributed by atoms with E-state index in [1.165, 1.54) is 0 Å². The van der Waals surface area contributed by atoms with Gasteiger partial charge < -0.3 is 24.1 Å². The number of hydrogen-bond donors (Lipinski definition) is 1. The standard InChI is InChI=1S/C27H27N3O4/c1-3-33-22-13-9-20(10-14-22)28-27(31)30-16-4-5-24(30)26-29-23-17-19(8-15-25(23)34-26)18-6-11-21(32-2)12-7-18/h6-15,17,24H,3-5,16H2,1-2H3,(H,28,31). The van der Waals surface area contributed by atoms with Crippen molar-refractivity contribution in [2.24, 2.45) is 0 Å². The first-order valence-corrected chi connectivity index (χ1v) is 11.5. The van der Waals surface area contributed by atoms with Gasteiger partial charge in [0.1, 0.15) is 23.1 Å². The van der Waals surface area contributed by atoms with E-state index in [2.05, 4.69) is 5.32 Å². The van der Waals surface area contributed by atoms with E-state index in [0.29, 0.717) is 24.6 Å². The second-order valence-electron chi connectivity index (χ2n) is 8.20. The van der Waals surface area contributed by atoms with Crippen LogP contribution in [0, 0.1) is 0 Å². The molecule has 4 aromatic rings. The average Bonchev–Trinajstić information content (AvgIpc) is 3.52. The Morgan fingerprint density at radius 3 is 2.53 bits per heavy atom. The third-order valence-electron chi connectivity index (χ3n) is 6.04. The molecule has 1 aliphatic heterocycles. The number of methoxy groups -OCH3 is 1. The minimum absolute atomic E-state index is 0.159. The number of ether oxygens (including phenoxy) is 2. The summed E-state index contributed by atoms with van der Waals surface area (Å²) < 4.78 is 16.8. The lowest BCUT2D eigenvalue weighted by Crippen LogP contribution is -2.34. The van der Waals surface area contributed by atoms with E-state index >= 15 is 0 Å². The first-order chi connectivity index (χ1) is 16.6. The Morgan fingerprint density at radius 1 is 1.06 bits per heavy atom. The van der Waals surface area contributed by atoms with Crippen molar-refractivity contribution >= 4 is 22.8 Å².